The number of rotatable bonds is 5. The quantitative estimate of drug-likeness (QED) is 0.488. The van der Waals surface area contributed by atoms with Gasteiger partial charge in [-0.2, -0.15) is 0 Å². The molecule has 0 radical (unpaired) electrons. The van der Waals surface area contributed by atoms with Gasteiger partial charge in [0.25, 0.3) is 5.91 Å². The van der Waals surface area contributed by atoms with Crippen molar-refractivity contribution < 1.29 is 23.9 Å². The SMILES string of the molecule is NC(=O)COC1CC(=O)N(CC(N)=O)C1=O. The summed E-state index contributed by atoms with van der Waals surface area (Å²) in [6.07, 6.45) is -1.27. The largest absolute Gasteiger partial charge is 0.368 e. The second kappa shape index (κ2) is 4.71. The zero-order valence-corrected chi connectivity index (χ0v) is 8.34. The van der Waals surface area contributed by atoms with Crippen LogP contribution in [-0.2, 0) is 23.9 Å². The Morgan fingerprint density at radius 3 is 2.44 bits per heavy atom. The Morgan fingerprint density at radius 1 is 1.31 bits per heavy atom. The summed E-state index contributed by atoms with van der Waals surface area (Å²) >= 11 is 0. The van der Waals surface area contributed by atoms with Crippen LogP contribution in [0.3, 0.4) is 0 Å². The van der Waals surface area contributed by atoms with Crippen molar-refractivity contribution in [1.29, 1.82) is 0 Å². The maximum Gasteiger partial charge on any atom is 0.259 e. The normalized spacial score (nSPS) is 20.2. The fourth-order valence-corrected chi connectivity index (χ4v) is 1.29. The molecule has 4 amide bonds. The van der Waals surface area contributed by atoms with Gasteiger partial charge in [0.05, 0.1) is 6.42 Å². The topological polar surface area (TPSA) is 133 Å². The van der Waals surface area contributed by atoms with E-state index in [9.17, 15) is 19.2 Å². The van der Waals surface area contributed by atoms with E-state index in [1.165, 1.54) is 0 Å². The van der Waals surface area contributed by atoms with E-state index in [1.807, 2.05) is 0 Å². The van der Waals surface area contributed by atoms with Crippen LogP contribution in [0.25, 0.3) is 0 Å². The zero-order valence-electron chi connectivity index (χ0n) is 8.34. The summed E-state index contributed by atoms with van der Waals surface area (Å²) in [4.78, 5) is 44.5. The molecule has 1 unspecified atom stereocenters. The van der Waals surface area contributed by atoms with Gasteiger partial charge in [0, 0.05) is 0 Å². The van der Waals surface area contributed by atoms with E-state index < -0.39 is 42.9 Å². The van der Waals surface area contributed by atoms with Crippen molar-refractivity contribution in [3.63, 3.8) is 0 Å². The standard InChI is InChI=1S/C8H11N3O5/c9-5(12)2-11-7(14)1-4(8(11)15)16-3-6(10)13/h4H,1-3H2,(H2,9,12)(H2,10,13). The number of imide groups is 1. The molecule has 1 atom stereocenters. The fourth-order valence-electron chi connectivity index (χ4n) is 1.29. The first kappa shape index (κ1) is 12.1. The van der Waals surface area contributed by atoms with Crippen molar-refractivity contribution in [2.45, 2.75) is 12.5 Å². The maximum atomic E-state index is 11.5. The first-order chi connectivity index (χ1) is 7.41. The second-order valence-corrected chi connectivity index (χ2v) is 3.25. The van der Waals surface area contributed by atoms with Crippen LogP contribution in [0, 0.1) is 0 Å². The van der Waals surface area contributed by atoms with Crippen LogP contribution in [0.2, 0.25) is 0 Å². The minimum atomic E-state index is -1.06. The lowest BCUT2D eigenvalue weighted by Crippen LogP contribution is -2.39. The highest BCUT2D eigenvalue weighted by molar-refractivity contribution is 6.07. The molecule has 0 saturated carbocycles. The van der Waals surface area contributed by atoms with Crippen molar-refractivity contribution in [2.75, 3.05) is 13.2 Å². The molecule has 16 heavy (non-hydrogen) atoms. The van der Waals surface area contributed by atoms with Crippen LogP contribution in [0.5, 0.6) is 0 Å². The monoisotopic (exact) mass is 229 g/mol. The number of amides is 4. The molecule has 0 aromatic heterocycles. The Balaban J connectivity index is 2.59. The Hall–Kier alpha value is -1.96. The first-order valence-corrected chi connectivity index (χ1v) is 4.44. The van der Waals surface area contributed by atoms with E-state index >= 15 is 0 Å². The molecule has 8 nitrogen and oxygen atoms in total. The molecular formula is C8H11N3O5. The lowest BCUT2D eigenvalue weighted by molar-refractivity contribution is -0.145. The third-order valence-corrected chi connectivity index (χ3v) is 1.94. The van der Waals surface area contributed by atoms with Crippen molar-refractivity contribution in [3.05, 3.63) is 0 Å². The third-order valence-electron chi connectivity index (χ3n) is 1.94. The molecule has 88 valence electrons. The van der Waals surface area contributed by atoms with Crippen LogP contribution >= 0.6 is 0 Å². The molecule has 0 aliphatic carbocycles. The molecule has 0 aromatic carbocycles. The summed E-state index contributed by atoms with van der Waals surface area (Å²) in [5.74, 6) is -2.77. The number of nitrogens with two attached hydrogens (primary N) is 2. The number of carbonyl (C=O) groups is 4. The third kappa shape index (κ3) is 2.76. The highest BCUT2D eigenvalue weighted by Crippen LogP contribution is 2.15. The van der Waals surface area contributed by atoms with Gasteiger partial charge in [-0.3, -0.25) is 24.1 Å². The predicted molar refractivity (Wildman–Crippen MR) is 49.5 cm³/mol. The number of hydrogen-bond donors (Lipinski definition) is 2. The van der Waals surface area contributed by atoms with E-state index in [0.717, 1.165) is 0 Å². The second-order valence-electron chi connectivity index (χ2n) is 3.25. The molecule has 1 aliphatic rings. The lowest BCUT2D eigenvalue weighted by Gasteiger charge is -2.12. The summed E-state index contributed by atoms with van der Waals surface area (Å²) in [5, 5.41) is 0. The number of carbonyl (C=O) groups excluding carboxylic acids is 4. The van der Waals surface area contributed by atoms with Crippen LogP contribution in [0.4, 0.5) is 0 Å². The molecule has 0 bridgehead atoms. The Bertz CT molecular complexity index is 354. The van der Waals surface area contributed by atoms with E-state index in [0.29, 0.717) is 4.90 Å². The average molecular weight is 229 g/mol. The molecule has 1 saturated heterocycles. The smallest absolute Gasteiger partial charge is 0.259 e. The highest BCUT2D eigenvalue weighted by atomic mass is 16.5. The molecule has 1 rings (SSSR count). The Labute approximate surface area is 90.5 Å². The van der Waals surface area contributed by atoms with Gasteiger partial charge in [0.15, 0.2) is 0 Å². The Kier molecular flexibility index (Phi) is 3.56. The molecule has 1 heterocycles. The van der Waals surface area contributed by atoms with E-state index in [-0.39, 0.29) is 6.42 Å². The van der Waals surface area contributed by atoms with Gasteiger partial charge in [-0.15, -0.1) is 0 Å². The van der Waals surface area contributed by atoms with Crippen LogP contribution in [0.1, 0.15) is 6.42 Å². The van der Waals surface area contributed by atoms with Gasteiger partial charge in [-0.05, 0) is 0 Å². The number of primary amides is 2. The van der Waals surface area contributed by atoms with E-state index in [2.05, 4.69) is 0 Å². The summed E-state index contributed by atoms with van der Waals surface area (Å²) in [6, 6.07) is 0. The van der Waals surface area contributed by atoms with Gasteiger partial charge in [-0.1, -0.05) is 0 Å². The number of hydrogen-bond acceptors (Lipinski definition) is 5. The zero-order chi connectivity index (χ0) is 12.3. The molecule has 0 spiro atoms. The van der Waals surface area contributed by atoms with Gasteiger partial charge in [-0.25, -0.2) is 0 Å². The van der Waals surface area contributed by atoms with Crippen molar-refractivity contribution in [3.8, 4) is 0 Å². The van der Waals surface area contributed by atoms with E-state index in [1.54, 1.807) is 0 Å². The first-order valence-electron chi connectivity index (χ1n) is 4.44. The lowest BCUT2D eigenvalue weighted by atomic mass is 10.3. The van der Waals surface area contributed by atoms with E-state index in [4.69, 9.17) is 16.2 Å². The van der Waals surface area contributed by atoms with Gasteiger partial charge in [0.2, 0.25) is 17.7 Å². The van der Waals surface area contributed by atoms with Crippen LogP contribution in [-0.4, -0.2) is 47.8 Å². The molecular weight excluding hydrogens is 218 g/mol. The molecule has 1 aliphatic heterocycles. The molecule has 4 N–H and O–H groups in total. The van der Waals surface area contributed by atoms with Gasteiger partial charge in [0.1, 0.15) is 19.3 Å². The van der Waals surface area contributed by atoms with Gasteiger partial charge >= 0.3 is 0 Å². The summed E-state index contributed by atoms with van der Waals surface area (Å²) in [7, 11) is 0. The fraction of sp³-hybridized carbons (Fsp3) is 0.500. The van der Waals surface area contributed by atoms with Crippen molar-refractivity contribution in [1.82, 2.24) is 4.90 Å². The number of likely N-dealkylation sites (tertiary alicyclic amines) is 1. The highest BCUT2D eigenvalue weighted by Gasteiger charge is 2.40. The summed E-state index contributed by atoms with van der Waals surface area (Å²) in [6.45, 7) is -0.928. The molecule has 8 heteroatoms. The van der Waals surface area contributed by atoms with Crippen LogP contribution < -0.4 is 11.5 Å². The molecule has 1 fully saturated rings. The summed E-state index contributed by atoms with van der Waals surface area (Å²) < 4.78 is 4.82. The molecule has 0 aromatic rings. The minimum Gasteiger partial charge on any atom is -0.368 e. The number of ether oxygens (including phenoxy) is 1. The predicted octanol–water partition coefficient (Wildman–Crippen LogP) is -2.90. The minimum absolute atomic E-state index is 0.209. The van der Waals surface area contributed by atoms with Crippen LogP contribution in [0.15, 0.2) is 0 Å². The van der Waals surface area contributed by atoms with Crippen molar-refractivity contribution in [2.24, 2.45) is 11.5 Å². The summed E-state index contributed by atoms with van der Waals surface area (Å²) in [5.41, 5.74) is 9.68. The number of nitrogens with zero attached hydrogens (tertiary/aromatic N) is 1. The maximum absolute atomic E-state index is 11.5. The Morgan fingerprint density at radius 2 is 1.94 bits per heavy atom. The average Bonchev–Trinajstić information content (AvgIpc) is 2.42. The van der Waals surface area contributed by atoms with Gasteiger partial charge < -0.3 is 16.2 Å². The van der Waals surface area contributed by atoms with Crippen molar-refractivity contribution >= 4 is 23.6 Å².